The molecule has 0 unspecified atom stereocenters. The largest absolute Gasteiger partial charge is 0.411 e. The highest BCUT2D eigenvalue weighted by Crippen LogP contribution is 2.14. The molecule has 0 saturated carbocycles. The Hall–Kier alpha value is -1.77. The first-order chi connectivity index (χ1) is 7.79. The average Bonchev–Trinajstić information content (AvgIpc) is 2.53. The number of nitrogens with two attached hydrogens (primary N) is 2. The number of carbonyl (C=O) groups is 1. The molecule has 0 aliphatic carbocycles. The van der Waals surface area contributed by atoms with Gasteiger partial charge in [0.25, 0.3) is 5.91 Å². The fraction of sp³-hybridized carbons (Fsp3) is 0.500. The van der Waals surface area contributed by atoms with Crippen molar-refractivity contribution in [2.45, 2.75) is 12.7 Å². The normalized spacial score (nSPS) is 11.7. The topological polar surface area (TPSA) is 96.2 Å². The number of aromatic nitrogens is 2. The highest BCUT2D eigenvalue weighted by atomic mass is 19.4. The Kier molecular flexibility index (Phi) is 3.94. The van der Waals surface area contributed by atoms with Crippen molar-refractivity contribution in [3.05, 3.63) is 11.9 Å². The van der Waals surface area contributed by atoms with E-state index in [9.17, 15) is 18.0 Å². The summed E-state index contributed by atoms with van der Waals surface area (Å²) in [6.07, 6.45) is -3.06. The van der Waals surface area contributed by atoms with Gasteiger partial charge in [0.05, 0.1) is 18.8 Å². The lowest BCUT2D eigenvalue weighted by Gasteiger charge is -2.07. The number of amides is 1. The number of primary amides is 1. The van der Waals surface area contributed by atoms with E-state index in [2.05, 4.69) is 9.84 Å². The van der Waals surface area contributed by atoms with Crippen LogP contribution in [0.4, 0.5) is 18.9 Å². The number of carbonyl (C=O) groups excluding carboxylic acids is 1. The summed E-state index contributed by atoms with van der Waals surface area (Å²) >= 11 is 0. The van der Waals surface area contributed by atoms with E-state index in [4.69, 9.17) is 11.5 Å². The first-order valence-electron chi connectivity index (χ1n) is 4.57. The molecule has 1 aromatic heterocycles. The fourth-order valence-electron chi connectivity index (χ4n) is 1.09. The highest BCUT2D eigenvalue weighted by molar-refractivity contribution is 5.95. The lowest BCUT2D eigenvalue weighted by Crippen LogP contribution is -2.19. The molecule has 17 heavy (non-hydrogen) atoms. The number of nitrogens with zero attached hydrogens (tertiary/aromatic N) is 2. The SMILES string of the molecule is NC(=O)c1nn(CCOCC(F)(F)F)cc1N. The number of alkyl halides is 3. The van der Waals surface area contributed by atoms with Crippen LogP contribution < -0.4 is 11.5 Å². The molecule has 0 saturated heterocycles. The van der Waals surface area contributed by atoms with E-state index in [1.165, 1.54) is 10.9 Å². The van der Waals surface area contributed by atoms with Gasteiger partial charge in [-0.2, -0.15) is 18.3 Å². The van der Waals surface area contributed by atoms with Crippen LogP contribution in [0.2, 0.25) is 0 Å². The smallest absolute Gasteiger partial charge is 0.396 e. The second-order valence-electron chi connectivity index (χ2n) is 3.23. The maximum Gasteiger partial charge on any atom is 0.411 e. The van der Waals surface area contributed by atoms with Crippen LogP contribution in [-0.4, -0.2) is 35.1 Å². The summed E-state index contributed by atoms with van der Waals surface area (Å²) in [5.74, 6) is -0.794. The molecule has 0 spiro atoms. The molecule has 0 aliphatic rings. The van der Waals surface area contributed by atoms with Crippen molar-refractivity contribution in [3.8, 4) is 0 Å². The number of anilines is 1. The Morgan fingerprint density at radius 3 is 2.65 bits per heavy atom. The van der Waals surface area contributed by atoms with Gasteiger partial charge in [-0.1, -0.05) is 0 Å². The van der Waals surface area contributed by atoms with E-state index in [1.54, 1.807) is 0 Å². The zero-order chi connectivity index (χ0) is 13.1. The Balaban J connectivity index is 2.43. The molecule has 0 atom stereocenters. The first-order valence-corrected chi connectivity index (χ1v) is 4.57. The highest BCUT2D eigenvalue weighted by Gasteiger charge is 2.27. The molecule has 0 bridgehead atoms. The number of hydrogen-bond donors (Lipinski definition) is 2. The molecule has 4 N–H and O–H groups in total. The summed E-state index contributed by atoms with van der Waals surface area (Å²) in [7, 11) is 0. The average molecular weight is 252 g/mol. The van der Waals surface area contributed by atoms with E-state index in [0.29, 0.717) is 0 Å². The third-order valence-corrected chi connectivity index (χ3v) is 1.75. The Morgan fingerprint density at radius 1 is 1.53 bits per heavy atom. The molecule has 6 nitrogen and oxygen atoms in total. The maximum atomic E-state index is 11.7. The minimum absolute atomic E-state index is 0.0492. The van der Waals surface area contributed by atoms with Crippen LogP contribution in [0.5, 0.6) is 0 Å². The summed E-state index contributed by atoms with van der Waals surface area (Å²) < 4.78 is 40.7. The van der Waals surface area contributed by atoms with Gasteiger partial charge in [-0.15, -0.1) is 0 Å². The summed E-state index contributed by atoms with van der Waals surface area (Å²) in [4.78, 5) is 10.8. The summed E-state index contributed by atoms with van der Waals surface area (Å²) in [6.45, 7) is -1.47. The quantitative estimate of drug-likeness (QED) is 0.728. The lowest BCUT2D eigenvalue weighted by molar-refractivity contribution is -0.174. The minimum Gasteiger partial charge on any atom is -0.396 e. The van der Waals surface area contributed by atoms with E-state index in [0.717, 1.165) is 0 Å². The van der Waals surface area contributed by atoms with Gasteiger partial charge in [0.1, 0.15) is 6.61 Å². The van der Waals surface area contributed by atoms with Crippen LogP contribution in [-0.2, 0) is 11.3 Å². The van der Waals surface area contributed by atoms with Crippen LogP contribution in [0.15, 0.2) is 6.20 Å². The number of rotatable bonds is 5. The van der Waals surface area contributed by atoms with Crippen LogP contribution >= 0.6 is 0 Å². The van der Waals surface area contributed by atoms with Crippen molar-refractivity contribution in [2.75, 3.05) is 18.9 Å². The molecule has 1 heterocycles. The van der Waals surface area contributed by atoms with Gasteiger partial charge >= 0.3 is 6.18 Å². The van der Waals surface area contributed by atoms with Crippen molar-refractivity contribution in [1.82, 2.24) is 9.78 Å². The first kappa shape index (κ1) is 13.3. The van der Waals surface area contributed by atoms with Crippen molar-refractivity contribution < 1.29 is 22.7 Å². The molecular formula is C8H11F3N4O2. The zero-order valence-corrected chi connectivity index (χ0v) is 8.70. The number of ether oxygens (including phenoxy) is 1. The number of nitrogen functional groups attached to an aromatic ring is 1. The lowest BCUT2D eigenvalue weighted by atomic mass is 10.4. The monoisotopic (exact) mass is 252 g/mol. The van der Waals surface area contributed by atoms with Crippen molar-refractivity contribution in [3.63, 3.8) is 0 Å². The predicted molar refractivity (Wildman–Crippen MR) is 52.0 cm³/mol. The third kappa shape index (κ3) is 4.31. The number of hydrogen-bond acceptors (Lipinski definition) is 4. The summed E-state index contributed by atoms with van der Waals surface area (Å²) in [5.41, 5.74) is 10.3. The molecule has 1 rings (SSSR count). The Bertz CT molecular complexity index is 402. The van der Waals surface area contributed by atoms with Crippen LogP contribution in [0.1, 0.15) is 10.5 Å². The molecule has 0 aromatic carbocycles. The van der Waals surface area contributed by atoms with Gasteiger partial charge < -0.3 is 16.2 Å². The van der Waals surface area contributed by atoms with Crippen LogP contribution in [0, 0.1) is 0 Å². The Morgan fingerprint density at radius 2 is 2.18 bits per heavy atom. The van der Waals surface area contributed by atoms with Crippen molar-refractivity contribution >= 4 is 11.6 Å². The van der Waals surface area contributed by atoms with Crippen LogP contribution in [0.3, 0.4) is 0 Å². The summed E-state index contributed by atoms with van der Waals surface area (Å²) in [6, 6.07) is 0. The third-order valence-electron chi connectivity index (χ3n) is 1.75. The number of halogens is 3. The maximum absolute atomic E-state index is 11.7. The van der Waals surface area contributed by atoms with E-state index in [-0.39, 0.29) is 24.5 Å². The van der Waals surface area contributed by atoms with Crippen molar-refractivity contribution in [2.24, 2.45) is 5.73 Å². The zero-order valence-electron chi connectivity index (χ0n) is 8.70. The Labute approximate surface area is 94.3 Å². The molecule has 96 valence electrons. The van der Waals surface area contributed by atoms with Gasteiger partial charge in [-0.25, -0.2) is 0 Å². The van der Waals surface area contributed by atoms with Gasteiger partial charge in [-0.05, 0) is 0 Å². The van der Waals surface area contributed by atoms with Gasteiger partial charge in [0.2, 0.25) is 0 Å². The predicted octanol–water partition coefficient (Wildman–Crippen LogP) is 0.143. The molecule has 0 fully saturated rings. The van der Waals surface area contributed by atoms with E-state index >= 15 is 0 Å². The molecule has 9 heteroatoms. The molecular weight excluding hydrogens is 241 g/mol. The minimum atomic E-state index is -4.36. The standard InChI is InChI=1S/C8H11F3N4O2/c9-8(10,11)4-17-2-1-15-3-5(12)6(14-15)7(13)16/h3H,1-2,4,12H2,(H2,13,16). The molecule has 1 aromatic rings. The fourth-order valence-corrected chi connectivity index (χ4v) is 1.09. The summed E-state index contributed by atoms with van der Waals surface area (Å²) in [5, 5.41) is 3.70. The van der Waals surface area contributed by atoms with Crippen LogP contribution in [0.25, 0.3) is 0 Å². The molecule has 1 amide bonds. The van der Waals surface area contributed by atoms with Gasteiger partial charge in [0.15, 0.2) is 5.69 Å². The van der Waals surface area contributed by atoms with E-state index in [1.807, 2.05) is 0 Å². The van der Waals surface area contributed by atoms with E-state index < -0.39 is 18.7 Å². The molecule has 0 radical (unpaired) electrons. The van der Waals surface area contributed by atoms with Crippen molar-refractivity contribution in [1.29, 1.82) is 0 Å². The second-order valence-corrected chi connectivity index (χ2v) is 3.23. The molecule has 0 aliphatic heterocycles. The van der Waals surface area contributed by atoms with Gasteiger partial charge in [0, 0.05) is 6.20 Å². The van der Waals surface area contributed by atoms with Gasteiger partial charge in [-0.3, -0.25) is 9.48 Å². The second kappa shape index (κ2) is 5.04.